The smallest absolute Gasteiger partial charge is 0.410 e. The number of carbonyl (C=O) groups is 1. The van der Waals surface area contributed by atoms with Gasteiger partial charge in [0.1, 0.15) is 29.6 Å². The summed E-state index contributed by atoms with van der Waals surface area (Å²) in [7, 11) is 0. The Bertz CT molecular complexity index is 1580. The second-order valence-corrected chi connectivity index (χ2v) is 12.2. The van der Waals surface area contributed by atoms with Crippen LogP contribution in [0.5, 0.6) is 5.75 Å². The van der Waals surface area contributed by atoms with Crippen LogP contribution in [0.2, 0.25) is 0 Å². The fourth-order valence-corrected chi connectivity index (χ4v) is 5.57. The van der Waals surface area contributed by atoms with Crippen molar-refractivity contribution in [2.45, 2.75) is 71.2 Å². The standard InChI is InChI=1S/C31H37N7O3/c1-19(2)29-33-26(36-16-22-13-21(36)17-37(22)30(39)41-31(3,4)5)15-27(34-29)38-25-14-23(11-12-24(25)28(32)35-38)40-18-20-9-7-6-8-10-20/h6-12,14-15,19,21-22H,13,16-18H2,1-5H3,(H2,32,35)/t21-,22-/m0/s1. The van der Waals surface area contributed by atoms with Gasteiger partial charge in [0.05, 0.1) is 17.6 Å². The van der Waals surface area contributed by atoms with Gasteiger partial charge in [-0.2, -0.15) is 0 Å². The van der Waals surface area contributed by atoms with Gasteiger partial charge in [-0.1, -0.05) is 44.2 Å². The summed E-state index contributed by atoms with van der Waals surface area (Å²) in [6.07, 6.45) is 0.634. The summed E-state index contributed by atoms with van der Waals surface area (Å²) in [5.41, 5.74) is 7.73. The number of hydrogen-bond acceptors (Lipinski definition) is 8. The molecule has 10 heteroatoms. The molecule has 0 radical (unpaired) electrons. The van der Waals surface area contributed by atoms with E-state index in [0.717, 1.165) is 40.3 Å². The summed E-state index contributed by atoms with van der Waals surface area (Å²) in [6, 6.07) is 18.1. The fraction of sp³-hybridized carbons (Fsp3) is 0.419. The zero-order chi connectivity index (χ0) is 28.9. The second kappa shape index (κ2) is 10.2. The van der Waals surface area contributed by atoms with E-state index in [-0.39, 0.29) is 24.1 Å². The number of anilines is 2. The number of nitrogen functional groups attached to an aromatic ring is 1. The predicted molar refractivity (Wildman–Crippen MR) is 158 cm³/mol. The lowest BCUT2D eigenvalue weighted by Gasteiger charge is -2.36. The Morgan fingerprint density at radius 2 is 1.78 bits per heavy atom. The van der Waals surface area contributed by atoms with Crippen LogP contribution >= 0.6 is 0 Å². The Hall–Kier alpha value is -4.34. The molecule has 2 fully saturated rings. The average molecular weight is 556 g/mol. The number of nitrogens with zero attached hydrogens (tertiary/aromatic N) is 6. The second-order valence-electron chi connectivity index (χ2n) is 12.2. The topological polar surface area (TPSA) is 112 Å². The van der Waals surface area contributed by atoms with Crippen molar-refractivity contribution in [1.82, 2.24) is 24.6 Å². The van der Waals surface area contributed by atoms with Crippen LogP contribution in [0.15, 0.2) is 54.6 Å². The molecule has 6 rings (SSSR count). The maximum atomic E-state index is 12.8. The maximum Gasteiger partial charge on any atom is 0.410 e. The number of rotatable bonds is 6. The molecule has 2 aliphatic heterocycles. The van der Waals surface area contributed by atoms with E-state index in [1.807, 2.05) is 80.3 Å². The minimum Gasteiger partial charge on any atom is -0.489 e. The lowest BCUT2D eigenvalue weighted by atomic mass is 10.2. The molecule has 1 amide bonds. The van der Waals surface area contributed by atoms with Crippen molar-refractivity contribution >= 4 is 28.6 Å². The highest BCUT2D eigenvalue weighted by Gasteiger charge is 2.47. The number of fused-ring (bicyclic) bond motifs is 3. The molecule has 41 heavy (non-hydrogen) atoms. The number of piperazine rings is 1. The van der Waals surface area contributed by atoms with Gasteiger partial charge in [0.15, 0.2) is 11.6 Å². The molecule has 0 spiro atoms. The molecule has 0 saturated carbocycles. The van der Waals surface area contributed by atoms with Gasteiger partial charge in [-0.15, -0.1) is 5.10 Å². The zero-order valence-electron chi connectivity index (χ0n) is 24.2. The third-order valence-electron chi connectivity index (χ3n) is 7.54. The van der Waals surface area contributed by atoms with Crippen molar-refractivity contribution in [2.75, 3.05) is 23.7 Å². The molecular formula is C31H37N7O3. The number of hydrogen-bond donors (Lipinski definition) is 1. The Balaban J connectivity index is 1.30. The molecule has 2 N–H and O–H groups in total. The molecular weight excluding hydrogens is 518 g/mol. The first kappa shape index (κ1) is 26.9. The number of benzene rings is 2. The Labute approximate surface area is 240 Å². The molecule has 2 aliphatic rings. The van der Waals surface area contributed by atoms with Crippen LogP contribution < -0.4 is 15.4 Å². The maximum absolute atomic E-state index is 12.8. The summed E-state index contributed by atoms with van der Waals surface area (Å²) in [4.78, 5) is 26.8. The van der Waals surface area contributed by atoms with Gasteiger partial charge >= 0.3 is 6.09 Å². The lowest BCUT2D eigenvalue weighted by molar-refractivity contribution is 0.0214. The van der Waals surface area contributed by atoms with E-state index in [2.05, 4.69) is 23.8 Å². The molecule has 2 saturated heterocycles. The van der Waals surface area contributed by atoms with Crippen LogP contribution in [0.4, 0.5) is 16.4 Å². The summed E-state index contributed by atoms with van der Waals surface area (Å²) < 4.78 is 13.5. The van der Waals surface area contributed by atoms with Crippen molar-refractivity contribution in [3.8, 4) is 11.6 Å². The molecule has 0 unspecified atom stereocenters. The first-order valence-corrected chi connectivity index (χ1v) is 14.2. The number of likely N-dealkylation sites (tertiary alicyclic amines) is 1. The molecule has 2 aromatic heterocycles. The van der Waals surface area contributed by atoms with Crippen LogP contribution in [-0.4, -0.2) is 61.5 Å². The third kappa shape index (κ3) is 5.38. The van der Waals surface area contributed by atoms with E-state index < -0.39 is 5.60 Å². The first-order chi connectivity index (χ1) is 19.6. The number of carbonyl (C=O) groups excluding carboxylic acids is 1. The molecule has 4 heterocycles. The van der Waals surface area contributed by atoms with Gasteiger partial charge in [0.2, 0.25) is 0 Å². The van der Waals surface area contributed by atoms with Crippen LogP contribution in [-0.2, 0) is 11.3 Å². The Morgan fingerprint density at radius 1 is 1.02 bits per heavy atom. The van der Waals surface area contributed by atoms with E-state index >= 15 is 0 Å². The minimum absolute atomic E-state index is 0.0845. The normalized spacial score (nSPS) is 18.5. The van der Waals surface area contributed by atoms with Gasteiger partial charge in [-0.3, -0.25) is 0 Å². The van der Waals surface area contributed by atoms with Crippen molar-refractivity contribution in [2.24, 2.45) is 0 Å². The number of aromatic nitrogens is 4. The number of ether oxygens (including phenoxy) is 2. The minimum atomic E-state index is -0.521. The zero-order valence-corrected chi connectivity index (χ0v) is 24.2. The van der Waals surface area contributed by atoms with E-state index in [9.17, 15) is 4.79 Å². The molecule has 2 aromatic carbocycles. The monoisotopic (exact) mass is 555 g/mol. The predicted octanol–water partition coefficient (Wildman–Crippen LogP) is 5.30. The van der Waals surface area contributed by atoms with Crippen molar-refractivity contribution in [1.29, 1.82) is 0 Å². The molecule has 214 valence electrons. The van der Waals surface area contributed by atoms with Gasteiger partial charge in [0, 0.05) is 36.5 Å². The fourth-order valence-electron chi connectivity index (χ4n) is 5.57. The highest BCUT2D eigenvalue weighted by Crippen LogP contribution is 2.36. The van der Waals surface area contributed by atoms with E-state index in [0.29, 0.717) is 31.3 Å². The van der Waals surface area contributed by atoms with E-state index in [1.54, 1.807) is 4.68 Å². The SMILES string of the molecule is CC(C)c1nc(N2C[C@@H]3C[C@H]2CN3C(=O)OC(C)(C)C)cc(-n2nc(N)c3ccc(OCc4ccccc4)cc32)n1. The summed E-state index contributed by atoms with van der Waals surface area (Å²) >= 11 is 0. The Kier molecular flexibility index (Phi) is 6.71. The van der Waals surface area contributed by atoms with Crippen LogP contribution in [0.1, 0.15) is 58.3 Å². The lowest BCUT2D eigenvalue weighted by Crippen LogP contribution is -2.50. The van der Waals surface area contributed by atoms with Crippen molar-refractivity contribution in [3.63, 3.8) is 0 Å². The molecule has 2 atom stereocenters. The highest BCUT2D eigenvalue weighted by molar-refractivity contribution is 5.91. The largest absolute Gasteiger partial charge is 0.489 e. The molecule has 10 nitrogen and oxygen atoms in total. The van der Waals surface area contributed by atoms with Crippen molar-refractivity contribution in [3.05, 3.63) is 66.0 Å². The van der Waals surface area contributed by atoms with Crippen LogP contribution in [0.25, 0.3) is 16.7 Å². The molecule has 4 aromatic rings. The summed E-state index contributed by atoms with van der Waals surface area (Å²) in [5.74, 6) is 3.45. The summed E-state index contributed by atoms with van der Waals surface area (Å²) in [6.45, 7) is 11.6. The summed E-state index contributed by atoms with van der Waals surface area (Å²) in [5, 5.41) is 5.50. The highest BCUT2D eigenvalue weighted by atomic mass is 16.6. The van der Waals surface area contributed by atoms with Gasteiger partial charge in [-0.25, -0.2) is 19.4 Å². The van der Waals surface area contributed by atoms with Gasteiger partial charge in [-0.05, 0) is 44.9 Å². The van der Waals surface area contributed by atoms with E-state index in [4.69, 9.17) is 25.2 Å². The van der Waals surface area contributed by atoms with Gasteiger partial charge < -0.3 is 25.0 Å². The molecule has 2 bridgehead atoms. The van der Waals surface area contributed by atoms with Crippen LogP contribution in [0.3, 0.4) is 0 Å². The molecule has 0 aliphatic carbocycles. The van der Waals surface area contributed by atoms with Crippen molar-refractivity contribution < 1.29 is 14.3 Å². The quantitative estimate of drug-likeness (QED) is 0.341. The van der Waals surface area contributed by atoms with Gasteiger partial charge in [0.25, 0.3) is 0 Å². The first-order valence-electron chi connectivity index (χ1n) is 14.2. The number of nitrogens with two attached hydrogens (primary N) is 1. The average Bonchev–Trinajstić information content (AvgIpc) is 3.64. The third-order valence-corrected chi connectivity index (χ3v) is 7.54. The number of amides is 1. The van der Waals surface area contributed by atoms with Crippen LogP contribution in [0, 0.1) is 0 Å². The Morgan fingerprint density at radius 3 is 2.46 bits per heavy atom. The van der Waals surface area contributed by atoms with E-state index in [1.165, 1.54) is 0 Å².